The Morgan fingerprint density at radius 3 is 2.36 bits per heavy atom. The molecule has 0 bridgehead atoms. The normalized spacial score (nSPS) is 10.4. The van der Waals surface area contributed by atoms with E-state index in [0.717, 1.165) is 27.8 Å². The molecule has 2 aromatic rings. The lowest BCUT2D eigenvalue weighted by atomic mass is 10.1. The zero-order valence-corrected chi connectivity index (χ0v) is 14.6. The molecule has 3 nitrogen and oxygen atoms in total. The molecule has 116 valence electrons. The number of hydrogen-bond donors (Lipinski definition) is 0. The third kappa shape index (κ3) is 4.34. The van der Waals surface area contributed by atoms with Crippen LogP contribution in [0, 0.1) is 13.8 Å². The van der Waals surface area contributed by atoms with Crippen molar-refractivity contribution in [1.82, 2.24) is 0 Å². The van der Waals surface area contributed by atoms with Gasteiger partial charge in [0.2, 0.25) is 0 Å². The smallest absolute Gasteiger partial charge is 0.343 e. The topological polar surface area (TPSA) is 35.5 Å². The van der Waals surface area contributed by atoms with Crippen LogP contribution in [0.3, 0.4) is 0 Å². The Balaban J connectivity index is 2.14. The maximum absolute atomic E-state index is 12.2. The van der Waals surface area contributed by atoms with Gasteiger partial charge in [0.25, 0.3) is 0 Å². The summed E-state index contributed by atoms with van der Waals surface area (Å²) in [5.74, 6) is 0.905. The predicted octanol–water partition coefficient (Wildman–Crippen LogP) is 5.07. The molecule has 2 rings (SSSR count). The molecule has 22 heavy (non-hydrogen) atoms. The number of carbonyl (C=O) groups excluding carboxylic acids is 1. The molecule has 2 aromatic carbocycles. The van der Waals surface area contributed by atoms with Crippen molar-refractivity contribution in [2.75, 3.05) is 6.61 Å². The van der Waals surface area contributed by atoms with Crippen LogP contribution in [0.4, 0.5) is 0 Å². The fourth-order valence-electron chi connectivity index (χ4n) is 2.11. The van der Waals surface area contributed by atoms with Gasteiger partial charge >= 0.3 is 5.97 Å². The van der Waals surface area contributed by atoms with Gasteiger partial charge in [-0.3, -0.25) is 0 Å². The van der Waals surface area contributed by atoms with Gasteiger partial charge in [-0.15, -0.1) is 0 Å². The molecule has 0 fully saturated rings. The van der Waals surface area contributed by atoms with Crippen LogP contribution in [-0.4, -0.2) is 12.6 Å². The molecule has 0 spiro atoms. The summed E-state index contributed by atoms with van der Waals surface area (Å²) in [5, 5.41) is 0. The first-order valence-corrected chi connectivity index (χ1v) is 8.01. The van der Waals surface area contributed by atoms with Crippen molar-refractivity contribution in [1.29, 1.82) is 0 Å². The Labute approximate surface area is 139 Å². The van der Waals surface area contributed by atoms with E-state index in [2.05, 4.69) is 15.9 Å². The molecule has 0 amide bonds. The van der Waals surface area contributed by atoms with Crippen LogP contribution in [0.1, 0.15) is 34.8 Å². The van der Waals surface area contributed by atoms with E-state index in [1.165, 1.54) is 0 Å². The first-order valence-electron chi connectivity index (χ1n) is 7.22. The Bertz CT molecular complexity index is 660. The Hall–Kier alpha value is -1.81. The first-order chi connectivity index (χ1) is 10.5. The Kier molecular flexibility index (Phi) is 5.61. The minimum absolute atomic E-state index is 0.382. The largest absolute Gasteiger partial charge is 0.492 e. The second-order valence-corrected chi connectivity index (χ2v) is 6.06. The predicted molar refractivity (Wildman–Crippen MR) is 90.8 cm³/mol. The summed E-state index contributed by atoms with van der Waals surface area (Å²) in [6, 6.07) is 10.9. The third-order valence-electron chi connectivity index (χ3n) is 3.04. The number of benzene rings is 2. The summed E-state index contributed by atoms with van der Waals surface area (Å²) in [5.41, 5.74) is 2.61. The fraction of sp³-hybridized carbons (Fsp3) is 0.278. The molecule has 0 unspecified atom stereocenters. The van der Waals surface area contributed by atoms with Gasteiger partial charge in [-0.05, 0) is 77.7 Å². The molecule has 0 aliphatic heterocycles. The molecule has 0 radical (unpaired) electrons. The summed E-state index contributed by atoms with van der Waals surface area (Å²) in [6.07, 6.45) is 0.933. The molecule has 0 saturated heterocycles. The Morgan fingerprint density at radius 1 is 1.09 bits per heavy atom. The third-order valence-corrected chi connectivity index (χ3v) is 3.65. The highest BCUT2D eigenvalue weighted by atomic mass is 79.9. The van der Waals surface area contributed by atoms with E-state index < -0.39 is 0 Å². The van der Waals surface area contributed by atoms with Crippen LogP contribution in [-0.2, 0) is 0 Å². The molecule has 0 aromatic heterocycles. The molecule has 4 heteroatoms. The monoisotopic (exact) mass is 362 g/mol. The quantitative estimate of drug-likeness (QED) is 0.549. The SMILES string of the molecule is CCCOc1ccc(C(=O)Oc2cc(C)cc(C)c2)cc1Br. The zero-order valence-electron chi connectivity index (χ0n) is 13.0. The molecule has 0 N–H and O–H groups in total. The molecule has 0 aliphatic carbocycles. The highest BCUT2D eigenvalue weighted by Crippen LogP contribution is 2.27. The van der Waals surface area contributed by atoms with Crippen LogP contribution in [0.25, 0.3) is 0 Å². The van der Waals surface area contributed by atoms with E-state index >= 15 is 0 Å². The van der Waals surface area contributed by atoms with Gasteiger partial charge in [-0.2, -0.15) is 0 Å². The lowest BCUT2D eigenvalue weighted by Gasteiger charge is -2.09. The van der Waals surface area contributed by atoms with Crippen molar-refractivity contribution < 1.29 is 14.3 Å². The van der Waals surface area contributed by atoms with Gasteiger partial charge in [-0.25, -0.2) is 4.79 Å². The van der Waals surface area contributed by atoms with Crippen molar-refractivity contribution in [2.45, 2.75) is 27.2 Å². The molecule has 0 aliphatic rings. The lowest BCUT2D eigenvalue weighted by Crippen LogP contribution is -2.09. The molecule has 0 saturated carbocycles. The second kappa shape index (κ2) is 7.45. The summed E-state index contributed by atoms with van der Waals surface area (Å²) >= 11 is 3.42. The van der Waals surface area contributed by atoms with Crippen LogP contribution in [0.2, 0.25) is 0 Å². The number of rotatable bonds is 5. The van der Waals surface area contributed by atoms with E-state index in [9.17, 15) is 4.79 Å². The zero-order chi connectivity index (χ0) is 16.1. The van der Waals surface area contributed by atoms with E-state index in [1.807, 2.05) is 39.0 Å². The minimum atomic E-state index is -0.382. The highest BCUT2D eigenvalue weighted by molar-refractivity contribution is 9.10. The first kappa shape index (κ1) is 16.6. The maximum atomic E-state index is 12.2. The standard InChI is InChI=1S/C18H19BrO3/c1-4-7-21-17-6-5-14(11-16(17)19)18(20)22-15-9-12(2)8-13(3)10-15/h5-6,8-11H,4,7H2,1-3H3. The lowest BCUT2D eigenvalue weighted by molar-refractivity contribution is 0.0734. The summed E-state index contributed by atoms with van der Waals surface area (Å²) in [4.78, 5) is 12.2. The van der Waals surface area contributed by atoms with Crippen molar-refractivity contribution in [3.8, 4) is 11.5 Å². The van der Waals surface area contributed by atoms with Crippen LogP contribution < -0.4 is 9.47 Å². The van der Waals surface area contributed by atoms with Gasteiger partial charge in [0.15, 0.2) is 0 Å². The van der Waals surface area contributed by atoms with Crippen LogP contribution >= 0.6 is 15.9 Å². The van der Waals surface area contributed by atoms with Gasteiger partial charge < -0.3 is 9.47 Å². The van der Waals surface area contributed by atoms with Crippen molar-refractivity contribution in [2.24, 2.45) is 0 Å². The second-order valence-electron chi connectivity index (χ2n) is 5.21. The number of hydrogen-bond acceptors (Lipinski definition) is 3. The molecule has 0 heterocycles. The summed E-state index contributed by atoms with van der Waals surface area (Å²) in [6.45, 7) is 6.63. The van der Waals surface area contributed by atoms with E-state index in [4.69, 9.17) is 9.47 Å². The number of ether oxygens (including phenoxy) is 2. The van der Waals surface area contributed by atoms with Crippen LogP contribution in [0.15, 0.2) is 40.9 Å². The molecule has 0 atom stereocenters. The number of halogens is 1. The number of aryl methyl sites for hydroxylation is 2. The average Bonchev–Trinajstić information content (AvgIpc) is 2.44. The van der Waals surface area contributed by atoms with E-state index in [0.29, 0.717) is 17.9 Å². The van der Waals surface area contributed by atoms with Crippen molar-refractivity contribution in [3.05, 3.63) is 57.6 Å². The van der Waals surface area contributed by atoms with Crippen molar-refractivity contribution in [3.63, 3.8) is 0 Å². The highest BCUT2D eigenvalue weighted by Gasteiger charge is 2.12. The summed E-state index contributed by atoms with van der Waals surface area (Å²) in [7, 11) is 0. The summed E-state index contributed by atoms with van der Waals surface area (Å²) < 4.78 is 11.8. The van der Waals surface area contributed by atoms with Gasteiger partial charge in [0.1, 0.15) is 11.5 Å². The van der Waals surface area contributed by atoms with Gasteiger partial charge in [0.05, 0.1) is 16.6 Å². The Morgan fingerprint density at radius 2 is 1.77 bits per heavy atom. The molecular weight excluding hydrogens is 344 g/mol. The number of esters is 1. The van der Waals surface area contributed by atoms with Gasteiger partial charge in [-0.1, -0.05) is 13.0 Å². The van der Waals surface area contributed by atoms with E-state index in [-0.39, 0.29) is 5.97 Å². The fourth-order valence-corrected chi connectivity index (χ4v) is 2.61. The minimum Gasteiger partial charge on any atom is -0.492 e. The maximum Gasteiger partial charge on any atom is 0.343 e. The van der Waals surface area contributed by atoms with Crippen molar-refractivity contribution >= 4 is 21.9 Å². The number of carbonyl (C=O) groups is 1. The van der Waals surface area contributed by atoms with Gasteiger partial charge in [0, 0.05) is 0 Å². The van der Waals surface area contributed by atoms with Crippen LogP contribution in [0.5, 0.6) is 11.5 Å². The molecular formula is C18H19BrO3. The average molecular weight is 363 g/mol. The van der Waals surface area contributed by atoms with E-state index in [1.54, 1.807) is 18.2 Å².